The number of hydrogen-bond donors (Lipinski definition) is 0. The highest BCUT2D eigenvalue weighted by Gasteiger charge is 2.20. The molecule has 0 amide bonds. The fraction of sp³-hybridized carbons (Fsp3) is 0.355. The van der Waals surface area contributed by atoms with Crippen molar-refractivity contribution >= 4 is 5.57 Å². The van der Waals surface area contributed by atoms with Crippen LogP contribution in [0.4, 0.5) is 13.2 Å². The number of halogens is 3. The van der Waals surface area contributed by atoms with E-state index in [-0.39, 0.29) is 5.82 Å². The molecule has 1 aliphatic rings. The molecule has 0 spiro atoms. The maximum absolute atomic E-state index is 14.9. The van der Waals surface area contributed by atoms with Crippen LogP contribution in [-0.2, 0) is 19.3 Å². The van der Waals surface area contributed by atoms with Crippen molar-refractivity contribution in [2.24, 2.45) is 5.92 Å². The van der Waals surface area contributed by atoms with Crippen LogP contribution in [0.1, 0.15) is 68.2 Å². The molecule has 0 nitrogen and oxygen atoms in total. The van der Waals surface area contributed by atoms with Crippen molar-refractivity contribution in [3.8, 4) is 11.1 Å². The van der Waals surface area contributed by atoms with Gasteiger partial charge in [0.2, 0.25) is 0 Å². The van der Waals surface area contributed by atoms with E-state index in [0.29, 0.717) is 35.4 Å². The Bertz CT molecular complexity index is 1160. The van der Waals surface area contributed by atoms with Gasteiger partial charge in [0, 0.05) is 11.1 Å². The Kier molecular flexibility index (Phi) is 7.92. The van der Waals surface area contributed by atoms with Crippen LogP contribution in [-0.4, -0.2) is 0 Å². The van der Waals surface area contributed by atoms with Gasteiger partial charge in [-0.25, -0.2) is 13.2 Å². The Balaban J connectivity index is 1.43. The van der Waals surface area contributed by atoms with Crippen molar-refractivity contribution in [1.29, 1.82) is 0 Å². The standard InChI is InChI=1S/C31H33F3/c1-3-5-23-11-18-27(29(32)20-23)24-14-8-22(9-15-24)10-16-26-17-19-28(31(34)30(26)33)25-12-6-21(4-2)7-13-25/h8-9,11-12,14-15,17-21H,3-7,10,13,16H2,1-2H3. The number of benzene rings is 3. The molecule has 3 aromatic rings. The fourth-order valence-electron chi connectivity index (χ4n) is 4.90. The Morgan fingerprint density at radius 2 is 1.50 bits per heavy atom. The number of allylic oxidation sites excluding steroid dienone is 2. The Morgan fingerprint density at radius 1 is 0.765 bits per heavy atom. The molecule has 3 aromatic carbocycles. The monoisotopic (exact) mass is 462 g/mol. The molecule has 0 fully saturated rings. The minimum Gasteiger partial charge on any atom is -0.206 e. The first-order chi connectivity index (χ1) is 16.5. The summed E-state index contributed by atoms with van der Waals surface area (Å²) in [5.74, 6) is -1.02. The van der Waals surface area contributed by atoms with Gasteiger partial charge in [-0.2, -0.15) is 0 Å². The van der Waals surface area contributed by atoms with Crippen LogP contribution < -0.4 is 0 Å². The van der Waals surface area contributed by atoms with E-state index >= 15 is 0 Å². The molecule has 4 rings (SSSR count). The Labute approximate surface area is 201 Å². The van der Waals surface area contributed by atoms with Gasteiger partial charge in [-0.15, -0.1) is 0 Å². The van der Waals surface area contributed by atoms with Crippen LogP contribution >= 0.6 is 0 Å². The van der Waals surface area contributed by atoms with E-state index in [1.165, 1.54) is 0 Å². The van der Waals surface area contributed by atoms with Gasteiger partial charge >= 0.3 is 0 Å². The van der Waals surface area contributed by atoms with Crippen molar-refractivity contribution in [3.05, 3.63) is 100 Å². The molecule has 178 valence electrons. The van der Waals surface area contributed by atoms with Crippen LogP contribution in [0, 0.1) is 23.4 Å². The highest BCUT2D eigenvalue weighted by atomic mass is 19.2. The van der Waals surface area contributed by atoms with Gasteiger partial charge in [-0.1, -0.05) is 81.3 Å². The highest BCUT2D eigenvalue weighted by molar-refractivity contribution is 5.67. The van der Waals surface area contributed by atoms with Crippen LogP contribution in [0.15, 0.2) is 60.7 Å². The van der Waals surface area contributed by atoms with E-state index in [4.69, 9.17) is 0 Å². The SMILES string of the molecule is CCCc1ccc(-c2ccc(CCc3ccc(C4=CCC(CC)CC4)c(F)c3F)cc2)c(F)c1. The summed E-state index contributed by atoms with van der Waals surface area (Å²) in [7, 11) is 0. The minimum atomic E-state index is -0.734. The zero-order valence-electron chi connectivity index (χ0n) is 20.1. The zero-order chi connectivity index (χ0) is 24.1. The Hall–Kier alpha value is -2.81. The summed E-state index contributed by atoms with van der Waals surface area (Å²) in [5.41, 5.74) is 5.15. The number of rotatable bonds is 8. The summed E-state index contributed by atoms with van der Waals surface area (Å²) in [5, 5.41) is 0. The predicted octanol–water partition coefficient (Wildman–Crippen LogP) is 9.10. The second-order valence-electron chi connectivity index (χ2n) is 9.44. The predicted molar refractivity (Wildman–Crippen MR) is 135 cm³/mol. The molecule has 0 saturated carbocycles. The second-order valence-corrected chi connectivity index (χ2v) is 9.44. The molecule has 1 aliphatic carbocycles. The summed E-state index contributed by atoms with van der Waals surface area (Å²) in [6.07, 6.45) is 8.85. The van der Waals surface area contributed by atoms with E-state index in [0.717, 1.165) is 60.8 Å². The van der Waals surface area contributed by atoms with Crippen molar-refractivity contribution < 1.29 is 13.2 Å². The van der Waals surface area contributed by atoms with Crippen LogP contribution in [0.3, 0.4) is 0 Å². The molecule has 0 heterocycles. The second kappa shape index (κ2) is 11.1. The Morgan fingerprint density at radius 3 is 2.15 bits per heavy atom. The molecule has 1 atom stereocenters. The highest BCUT2D eigenvalue weighted by Crippen LogP contribution is 2.34. The summed E-state index contributed by atoms with van der Waals surface area (Å²) in [6, 6.07) is 16.5. The molecule has 0 aromatic heterocycles. The normalized spacial score (nSPS) is 15.9. The third-order valence-corrected chi connectivity index (χ3v) is 7.13. The van der Waals surface area contributed by atoms with Gasteiger partial charge in [0.25, 0.3) is 0 Å². The lowest BCUT2D eigenvalue weighted by molar-refractivity contribution is 0.466. The van der Waals surface area contributed by atoms with Crippen LogP contribution in [0.5, 0.6) is 0 Å². The summed E-state index contributed by atoms with van der Waals surface area (Å²) >= 11 is 0. The molecule has 0 N–H and O–H groups in total. The van der Waals surface area contributed by atoms with E-state index in [9.17, 15) is 13.2 Å². The van der Waals surface area contributed by atoms with Gasteiger partial charge < -0.3 is 0 Å². The van der Waals surface area contributed by atoms with Gasteiger partial charge in [-0.05, 0) is 78.3 Å². The van der Waals surface area contributed by atoms with Gasteiger partial charge in [0.15, 0.2) is 11.6 Å². The molecular weight excluding hydrogens is 429 g/mol. The van der Waals surface area contributed by atoms with Crippen molar-refractivity contribution in [3.63, 3.8) is 0 Å². The summed E-state index contributed by atoms with van der Waals surface area (Å²) < 4.78 is 44.2. The lowest BCUT2D eigenvalue weighted by atomic mass is 9.85. The van der Waals surface area contributed by atoms with E-state index in [1.807, 2.05) is 36.4 Å². The molecule has 1 unspecified atom stereocenters. The summed E-state index contributed by atoms with van der Waals surface area (Å²) in [4.78, 5) is 0. The maximum atomic E-state index is 14.9. The maximum Gasteiger partial charge on any atom is 0.166 e. The van der Waals surface area contributed by atoms with Crippen LogP contribution in [0.2, 0.25) is 0 Å². The average molecular weight is 463 g/mol. The van der Waals surface area contributed by atoms with E-state index < -0.39 is 11.6 Å². The smallest absolute Gasteiger partial charge is 0.166 e. The third-order valence-electron chi connectivity index (χ3n) is 7.13. The molecule has 0 bridgehead atoms. The fourth-order valence-corrected chi connectivity index (χ4v) is 4.90. The van der Waals surface area contributed by atoms with Crippen LogP contribution in [0.25, 0.3) is 16.7 Å². The van der Waals surface area contributed by atoms with Crippen molar-refractivity contribution in [2.75, 3.05) is 0 Å². The van der Waals surface area contributed by atoms with Crippen molar-refractivity contribution in [1.82, 2.24) is 0 Å². The first kappa shape index (κ1) is 24.3. The van der Waals surface area contributed by atoms with E-state index in [1.54, 1.807) is 18.2 Å². The van der Waals surface area contributed by atoms with Gasteiger partial charge in [-0.3, -0.25) is 0 Å². The minimum absolute atomic E-state index is 0.213. The van der Waals surface area contributed by atoms with Gasteiger partial charge in [0.05, 0.1) is 0 Å². The zero-order valence-corrected chi connectivity index (χ0v) is 20.1. The first-order valence-corrected chi connectivity index (χ1v) is 12.5. The lowest BCUT2D eigenvalue weighted by Gasteiger charge is -2.21. The lowest BCUT2D eigenvalue weighted by Crippen LogP contribution is -2.07. The number of aryl methyl sites for hydroxylation is 3. The van der Waals surface area contributed by atoms with E-state index in [2.05, 4.69) is 19.9 Å². The number of hydrogen-bond acceptors (Lipinski definition) is 0. The molecule has 0 aliphatic heterocycles. The molecule has 0 radical (unpaired) electrons. The molecule has 0 saturated heterocycles. The molecule has 34 heavy (non-hydrogen) atoms. The molecule has 3 heteroatoms. The van der Waals surface area contributed by atoms with Gasteiger partial charge in [0.1, 0.15) is 5.82 Å². The topological polar surface area (TPSA) is 0 Å². The quantitative estimate of drug-likeness (QED) is 0.313. The first-order valence-electron chi connectivity index (χ1n) is 12.5. The molecular formula is C31H33F3. The van der Waals surface area contributed by atoms with Crippen molar-refractivity contribution in [2.45, 2.75) is 65.2 Å². The third kappa shape index (κ3) is 5.46. The average Bonchev–Trinajstić information content (AvgIpc) is 2.86. The summed E-state index contributed by atoms with van der Waals surface area (Å²) in [6.45, 7) is 4.25. The largest absolute Gasteiger partial charge is 0.206 e.